The van der Waals surface area contributed by atoms with E-state index in [9.17, 15) is 9.18 Å². The van der Waals surface area contributed by atoms with Crippen molar-refractivity contribution in [3.8, 4) is 11.8 Å². The molecule has 3 rings (SSSR count). The molecule has 0 unspecified atom stereocenters. The highest BCUT2D eigenvalue weighted by Gasteiger charge is 2.15. The Morgan fingerprint density at radius 1 is 0.739 bits per heavy atom. The second-order valence-electron chi connectivity index (χ2n) is 4.97. The first kappa shape index (κ1) is 14.7. The molecule has 0 bridgehead atoms. The highest BCUT2D eigenvalue weighted by Crippen LogP contribution is 2.17. The summed E-state index contributed by atoms with van der Waals surface area (Å²) >= 11 is 0. The van der Waals surface area contributed by atoms with E-state index in [1.807, 2.05) is 36.4 Å². The molecule has 0 atom stereocenters. The number of carbonyl (C=O) groups is 1. The Hall–Kier alpha value is -3.18. The van der Waals surface area contributed by atoms with Crippen LogP contribution in [-0.2, 0) is 0 Å². The highest BCUT2D eigenvalue weighted by atomic mass is 19.1. The summed E-state index contributed by atoms with van der Waals surface area (Å²) in [6.45, 7) is 0. The van der Waals surface area contributed by atoms with Gasteiger partial charge in [0.2, 0.25) is 0 Å². The summed E-state index contributed by atoms with van der Waals surface area (Å²) in [4.78, 5) is 12.6. The Bertz CT molecular complexity index is 887. The quantitative estimate of drug-likeness (QED) is 0.504. The van der Waals surface area contributed by atoms with Crippen LogP contribution in [0.3, 0.4) is 0 Å². The molecule has 0 saturated heterocycles. The number of halogens is 1. The van der Waals surface area contributed by atoms with Crippen LogP contribution in [0.15, 0.2) is 78.9 Å². The molecule has 0 aliphatic rings. The monoisotopic (exact) mass is 300 g/mol. The minimum atomic E-state index is -0.491. The van der Waals surface area contributed by atoms with Gasteiger partial charge in [0.25, 0.3) is 0 Å². The number of rotatable bonds is 2. The smallest absolute Gasteiger partial charge is 0.194 e. The van der Waals surface area contributed by atoms with E-state index in [1.165, 1.54) is 12.1 Å². The molecule has 0 N–H and O–H groups in total. The Kier molecular flexibility index (Phi) is 4.31. The molecule has 0 spiro atoms. The third-order valence-electron chi connectivity index (χ3n) is 3.40. The minimum absolute atomic E-state index is 0.130. The zero-order chi connectivity index (χ0) is 16.1. The summed E-state index contributed by atoms with van der Waals surface area (Å²) in [5.41, 5.74) is 1.69. The molecule has 23 heavy (non-hydrogen) atoms. The third kappa shape index (κ3) is 3.36. The standard InChI is InChI=1S/C21H13FO/c22-20-13-7-12-19(21(23)17-10-5-2-6-11-17)18(20)15-14-16-8-3-1-4-9-16/h1-13H. The molecule has 0 fully saturated rings. The Morgan fingerprint density at radius 3 is 2.09 bits per heavy atom. The Labute approximate surface area is 134 Å². The molecule has 0 heterocycles. The van der Waals surface area contributed by atoms with Crippen LogP contribution < -0.4 is 0 Å². The van der Waals surface area contributed by atoms with Gasteiger partial charge in [0.05, 0.1) is 5.56 Å². The predicted octanol–water partition coefficient (Wildman–Crippen LogP) is 4.46. The number of hydrogen-bond acceptors (Lipinski definition) is 1. The van der Waals surface area contributed by atoms with Gasteiger partial charge >= 0.3 is 0 Å². The lowest BCUT2D eigenvalue weighted by molar-refractivity contribution is 0.103. The molecule has 0 aliphatic heterocycles. The maximum atomic E-state index is 14.2. The maximum absolute atomic E-state index is 14.2. The molecular weight excluding hydrogens is 287 g/mol. The molecular formula is C21H13FO. The summed E-state index contributed by atoms with van der Waals surface area (Å²) in [6, 6.07) is 22.6. The molecule has 0 saturated carbocycles. The fraction of sp³-hybridized carbons (Fsp3) is 0. The Balaban J connectivity index is 2.05. The van der Waals surface area contributed by atoms with Crippen molar-refractivity contribution in [1.29, 1.82) is 0 Å². The molecule has 2 heteroatoms. The fourth-order valence-electron chi connectivity index (χ4n) is 2.24. The van der Waals surface area contributed by atoms with Crippen LogP contribution in [0, 0.1) is 17.7 Å². The highest BCUT2D eigenvalue weighted by molar-refractivity contribution is 6.10. The number of benzene rings is 3. The van der Waals surface area contributed by atoms with Gasteiger partial charge in [-0.3, -0.25) is 4.79 Å². The van der Waals surface area contributed by atoms with Crippen molar-refractivity contribution in [2.24, 2.45) is 0 Å². The van der Waals surface area contributed by atoms with Gasteiger partial charge in [0, 0.05) is 16.7 Å². The second-order valence-corrected chi connectivity index (χ2v) is 4.97. The van der Waals surface area contributed by atoms with Gasteiger partial charge in [-0.1, -0.05) is 66.4 Å². The van der Waals surface area contributed by atoms with Crippen molar-refractivity contribution < 1.29 is 9.18 Å². The van der Waals surface area contributed by atoms with Gasteiger partial charge in [-0.05, 0) is 24.3 Å². The number of ketones is 1. The first-order valence-electron chi connectivity index (χ1n) is 7.21. The van der Waals surface area contributed by atoms with Crippen LogP contribution >= 0.6 is 0 Å². The molecule has 0 radical (unpaired) electrons. The Morgan fingerprint density at radius 2 is 1.39 bits per heavy atom. The van der Waals surface area contributed by atoms with E-state index in [0.29, 0.717) is 5.56 Å². The van der Waals surface area contributed by atoms with Crippen LogP contribution in [0.2, 0.25) is 0 Å². The SMILES string of the molecule is O=C(c1ccccc1)c1cccc(F)c1C#Cc1ccccc1. The molecule has 1 nitrogen and oxygen atoms in total. The van der Waals surface area contributed by atoms with Gasteiger partial charge in [0.1, 0.15) is 5.82 Å². The van der Waals surface area contributed by atoms with Crippen molar-refractivity contribution in [2.45, 2.75) is 0 Å². The van der Waals surface area contributed by atoms with Gasteiger partial charge in [-0.2, -0.15) is 0 Å². The summed E-state index contributed by atoms with van der Waals surface area (Å²) in [6.07, 6.45) is 0. The van der Waals surface area contributed by atoms with Crippen LogP contribution in [0.1, 0.15) is 27.0 Å². The third-order valence-corrected chi connectivity index (χ3v) is 3.40. The summed E-state index contributed by atoms with van der Waals surface area (Å²) in [7, 11) is 0. The van der Waals surface area contributed by atoms with E-state index in [-0.39, 0.29) is 16.9 Å². The van der Waals surface area contributed by atoms with E-state index in [2.05, 4.69) is 11.8 Å². The topological polar surface area (TPSA) is 17.1 Å². The summed E-state index contributed by atoms with van der Waals surface area (Å²) in [5.74, 6) is 4.98. The lowest BCUT2D eigenvalue weighted by Gasteiger charge is -2.05. The molecule has 0 aliphatic carbocycles. The van der Waals surface area contributed by atoms with Gasteiger partial charge in [0.15, 0.2) is 5.78 Å². The van der Waals surface area contributed by atoms with Crippen LogP contribution in [0.25, 0.3) is 0 Å². The normalized spacial score (nSPS) is 9.78. The first-order valence-corrected chi connectivity index (χ1v) is 7.21. The van der Waals surface area contributed by atoms with E-state index in [0.717, 1.165) is 5.56 Å². The van der Waals surface area contributed by atoms with Crippen molar-refractivity contribution >= 4 is 5.78 Å². The second kappa shape index (κ2) is 6.72. The zero-order valence-corrected chi connectivity index (χ0v) is 12.3. The number of carbonyl (C=O) groups excluding carboxylic acids is 1. The molecule has 3 aromatic rings. The molecule has 0 amide bonds. The average molecular weight is 300 g/mol. The zero-order valence-electron chi connectivity index (χ0n) is 12.3. The van der Waals surface area contributed by atoms with Crippen molar-refractivity contribution in [1.82, 2.24) is 0 Å². The molecule has 0 aromatic heterocycles. The maximum Gasteiger partial charge on any atom is 0.194 e. The molecule has 110 valence electrons. The van der Waals surface area contributed by atoms with E-state index < -0.39 is 5.82 Å². The first-order chi connectivity index (χ1) is 11.3. The number of hydrogen-bond donors (Lipinski definition) is 0. The van der Waals surface area contributed by atoms with Crippen LogP contribution in [0.4, 0.5) is 4.39 Å². The largest absolute Gasteiger partial charge is 0.289 e. The summed E-state index contributed by atoms with van der Waals surface area (Å²) in [5, 5.41) is 0. The average Bonchev–Trinajstić information content (AvgIpc) is 2.61. The van der Waals surface area contributed by atoms with E-state index >= 15 is 0 Å². The van der Waals surface area contributed by atoms with Crippen molar-refractivity contribution in [3.63, 3.8) is 0 Å². The van der Waals surface area contributed by atoms with Crippen molar-refractivity contribution in [3.05, 3.63) is 107 Å². The van der Waals surface area contributed by atoms with Gasteiger partial charge in [-0.15, -0.1) is 0 Å². The van der Waals surface area contributed by atoms with Gasteiger partial charge < -0.3 is 0 Å². The fourth-order valence-corrected chi connectivity index (χ4v) is 2.24. The van der Waals surface area contributed by atoms with Crippen LogP contribution in [0.5, 0.6) is 0 Å². The molecule has 3 aromatic carbocycles. The van der Waals surface area contributed by atoms with Crippen molar-refractivity contribution in [2.75, 3.05) is 0 Å². The lowest BCUT2D eigenvalue weighted by atomic mass is 9.98. The minimum Gasteiger partial charge on any atom is -0.289 e. The van der Waals surface area contributed by atoms with E-state index in [1.54, 1.807) is 30.3 Å². The van der Waals surface area contributed by atoms with Gasteiger partial charge in [-0.25, -0.2) is 4.39 Å². The summed E-state index contributed by atoms with van der Waals surface area (Å²) < 4.78 is 14.2. The predicted molar refractivity (Wildman–Crippen MR) is 88.7 cm³/mol. The lowest BCUT2D eigenvalue weighted by Crippen LogP contribution is -2.05. The van der Waals surface area contributed by atoms with Crippen LogP contribution in [-0.4, -0.2) is 5.78 Å². The van der Waals surface area contributed by atoms with E-state index in [4.69, 9.17) is 0 Å².